The summed E-state index contributed by atoms with van der Waals surface area (Å²) >= 11 is 6.01. The number of benzene rings is 3. The Balaban J connectivity index is 1.59. The number of anilines is 1. The number of fused-ring (bicyclic) bond motifs is 1. The lowest BCUT2D eigenvalue weighted by Gasteiger charge is -2.09. The molecule has 0 aliphatic rings. The van der Waals surface area contributed by atoms with E-state index in [0.717, 1.165) is 11.1 Å². The van der Waals surface area contributed by atoms with Crippen LogP contribution >= 0.6 is 11.6 Å². The molecule has 1 amide bonds. The van der Waals surface area contributed by atoms with Gasteiger partial charge in [0.15, 0.2) is 0 Å². The minimum atomic E-state index is -0.217. The Morgan fingerprint density at radius 3 is 2.63 bits per heavy atom. The zero-order valence-corrected chi connectivity index (χ0v) is 14.9. The van der Waals surface area contributed by atoms with Gasteiger partial charge in [0.25, 0.3) is 5.91 Å². The number of ether oxygens (including phenoxy) is 1. The van der Waals surface area contributed by atoms with Crippen molar-refractivity contribution in [2.75, 3.05) is 5.32 Å². The van der Waals surface area contributed by atoms with Crippen molar-refractivity contribution in [2.45, 2.75) is 0 Å². The molecule has 0 atom stereocenters. The van der Waals surface area contributed by atoms with Gasteiger partial charge in [0.1, 0.15) is 12.1 Å². The van der Waals surface area contributed by atoms with Crippen molar-refractivity contribution in [1.29, 1.82) is 0 Å². The number of nitrogens with one attached hydrogen (secondary N) is 1. The summed E-state index contributed by atoms with van der Waals surface area (Å²) in [7, 11) is 0. The van der Waals surface area contributed by atoms with Crippen LogP contribution in [0, 0.1) is 0 Å². The Morgan fingerprint density at radius 2 is 1.78 bits per heavy atom. The molecule has 6 heteroatoms. The number of aromatic nitrogens is 2. The van der Waals surface area contributed by atoms with E-state index in [-0.39, 0.29) is 5.91 Å². The maximum absolute atomic E-state index is 12.5. The first-order valence-corrected chi connectivity index (χ1v) is 8.61. The highest BCUT2D eigenvalue weighted by Crippen LogP contribution is 2.28. The van der Waals surface area contributed by atoms with Gasteiger partial charge in [-0.15, -0.1) is 0 Å². The van der Waals surface area contributed by atoms with Crippen LogP contribution in [-0.4, -0.2) is 15.9 Å². The van der Waals surface area contributed by atoms with Gasteiger partial charge in [0, 0.05) is 16.3 Å². The monoisotopic (exact) mass is 375 g/mol. The lowest BCUT2D eigenvalue weighted by molar-refractivity contribution is 0.102. The molecule has 0 aliphatic carbocycles. The van der Waals surface area contributed by atoms with Crippen LogP contribution in [0.3, 0.4) is 0 Å². The van der Waals surface area contributed by atoms with E-state index in [2.05, 4.69) is 15.3 Å². The molecule has 1 aromatic heterocycles. The van der Waals surface area contributed by atoms with E-state index in [1.807, 2.05) is 30.3 Å². The van der Waals surface area contributed by atoms with Crippen LogP contribution in [0.25, 0.3) is 10.9 Å². The molecule has 5 nitrogen and oxygen atoms in total. The SMILES string of the molecule is O=C(Nc1ccccc1)c1cccc(Oc2ncnc3cc(Cl)ccc23)c1. The zero-order valence-electron chi connectivity index (χ0n) is 14.1. The average Bonchev–Trinajstić information content (AvgIpc) is 2.69. The molecule has 0 spiro atoms. The molecule has 0 aliphatic heterocycles. The number of rotatable bonds is 4. The molecule has 132 valence electrons. The first kappa shape index (κ1) is 17.0. The van der Waals surface area contributed by atoms with Crippen molar-refractivity contribution in [2.24, 2.45) is 0 Å². The third-order valence-corrected chi connectivity index (χ3v) is 4.14. The standard InChI is InChI=1S/C21H14ClN3O2/c22-15-9-10-18-19(12-15)23-13-24-21(18)27-17-8-4-5-14(11-17)20(26)25-16-6-2-1-3-7-16/h1-13H,(H,25,26). The summed E-state index contributed by atoms with van der Waals surface area (Å²) in [6.45, 7) is 0. The van der Waals surface area contributed by atoms with Gasteiger partial charge in [-0.2, -0.15) is 0 Å². The Kier molecular flexibility index (Phi) is 4.68. The predicted octanol–water partition coefficient (Wildman–Crippen LogP) is 5.33. The number of carbonyl (C=O) groups excluding carboxylic acids is 1. The van der Waals surface area contributed by atoms with Crippen molar-refractivity contribution in [3.8, 4) is 11.6 Å². The van der Waals surface area contributed by atoms with Crippen LogP contribution in [0.4, 0.5) is 5.69 Å². The van der Waals surface area contributed by atoms with Crippen LogP contribution in [-0.2, 0) is 0 Å². The summed E-state index contributed by atoms with van der Waals surface area (Å²) in [5.41, 5.74) is 1.90. The number of hydrogen-bond donors (Lipinski definition) is 1. The second-order valence-corrected chi connectivity index (χ2v) is 6.23. The fourth-order valence-electron chi connectivity index (χ4n) is 2.62. The molecule has 0 radical (unpaired) electrons. The second-order valence-electron chi connectivity index (χ2n) is 5.79. The molecule has 0 saturated carbocycles. The number of amides is 1. The largest absolute Gasteiger partial charge is 0.438 e. The van der Waals surface area contributed by atoms with Crippen LogP contribution in [0.5, 0.6) is 11.6 Å². The molecule has 0 fully saturated rings. The van der Waals surface area contributed by atoms with Crippen molar-refractivity contribution in [1.82, 2.24) is 9.97 Å². The molecule has 0 bridgehead atoms. The fourth-order valence-corrected chi connectivity index (χ4v) is 2.79. The van der Waals surface area contributed by atoms with Gasteiger partial charge < -0.3 is 10.1 Å². The van der Waals surface area contributed by atoms with Gasteiger partial charge in [-0.25, -0.2) is 9.97 Å². The Morgan fingerprint density at radius 1 is 0.926 bits per heavy atom. The zero-order chi connectivity index (χ0) is 18.6. The van der Waals surface area contributed by atoms with Crippen LogP contribution < -0.4 is 10.1 Å². The van der Waals surface area contributed by atoms with Crippen molar-refractivity contribution >= 4 is 34.1 Å². The topological polar surface area (TPSA) is 64.1 Å². The minimum absolute atomic E-state index is 0.217. The quantitative estimate of drug-likeness (QED) is 0.523. The first-order valence-electron chi connectivity index (χ1n) is 8.24. The summed E-state index contributed by atoms with van der Waals surface area (Å²) < 4.78 is 5.90. The third-order valence-electron chi connectivity index (χ3n) is 3.90. The van der Waals surface area contributed by atoms with E-state index in [0.29, 0.717) is 27.7 Å². The molecule has 27 heavy (non-hydrogen) atoms. The number of para-hydroxylation sites is 1. The smallest absolute Gasteiger partial charge is 0.255 e. The number of hydrogen-bond acceptors (Lipinski definition) is 4. The molecule has 4 aromatic rings. The van der Waals surface area contributed by atoms with Crippen LogP contribution in [0.2, 0.25) is 5.02 Å². The number of nitrogens with zero attached hydrogens (tertiary/aromatic N) is 2. The fraction of sp³-hybridized carbons (Fsp3) is 0. The summed E-state index contributed by atoms with van der Waals surface area (Å²) in [4.78, 5) is 20.9. The molecule has 0 saturated heterocycles. The third kappa shape index (κ3) is 3.88. The lowest BCUT2D eigenvalue weighted by atomic mass is 10.2. The molecular formula is C21H14ClN3O2. The van der Waals surface area contributed by atoms with Crippen molar-refractivity contribution in [3.05, 3.63) is 89.7 Å². The van der Waals surface area contributed by atoms with E-state index in [1.54, 1.807) is 42.5 Å². The van der Waals surface area contributed by atoms with Crippen LogP contribution in [0.15, 0.2) is 79.1 Å². The van der Waals surface area contributed by atoms with E-state index in [4.69, 9.17) is 16.3 Å². The summed E-state index contributed by atoms with van der Waals surface area (Å²) in [5.74, 6) is 0.689. The normalized spacial score (nSPS) is 10.6. The Labute approximate surface area is 160 Å². The molecular weight excluding hydrogens is 362 g/mol. The van der Waals surface area contributed by atoms with Crippen LogP contribution in [0.1, 0.15) is 10.4 Å². The summed E-state index contributed by atoms with van der Waals surface area (Å²) in [6, 6.07) is 21.5. The highest BCUT2D eigenvalue weighted by Gasteiger charge is 2.10. The lowest BCUT2D eigenvalue weighted by Crippen LogP contribution is -2.11. The van der Waals surface area contributed by atoms with Gasteiger partial charge in [-0.05, 0) is 48.5 Å². The maximum atomic E-state index is 12.5. The number of carbonyl (C=O) groups is 1. The highest BCUT2D eigenvalue weighted by atomic mass is 35.5. The molecule has 1 N–H and O–H groups in total. The van der Waals surface area contributed by atoms with Gasteiger partial charge in [0.05, 0.1) is 10.9 Å². The van der Waals surface area contributed by atoms with E-state index in [1.165, 1.54) is 6.33 Å². The minimum Gasteiger partial charge on any atom is -0.438 e. The molecule has 0 unspecified atom stereocenters. The molecule has 3 aromatic carbocycles. The average molecular weight is 376 g/mol. The van der Waals surface area contributed by atoms with Gasteiger partial charge in [0.2, 0.25) is 5.88 Å². The second kappa shape index (κ2) is 7.43. The Hall–Kier alpha value is -3.44. The van der Waals surface area contributed by atoms with Crippen molar-refractivity contribution < 1.29 is 9.53 Å². The summed E-state index contributed by atoms with van der Waals surface area (Å²) in [6.07, 6.45) is 1.42. The number of halogens is 1. The molecule has 4 rings (SSSR count). The van der Waals surface area contributed by atoms with Gasteiger partial charge in [-0.1, -0.05) is 35.9 Å². The summed E-state index contributed by atoms with van der Waals surface area (Å²) in [5, 5.41) is 4.18. The van der Waals surface area contributed by atoms with E-state index >= 15 is 0 Å². The van der Waals surface area contributed by atoms with E-state index in [9.17, 15) is 4.79 Å². The highest BCUT2D eigenvalue weighted by molar-refractivity contribution is 6.31. The maximum Gasteiger partial charge on any atom is 0.255 e. The molecule has 1 heterocycles. The predicted molar refractivity (Wildman–Crippen MR) is 105 cm³/mol. The van der Waals surface area contributed by atoms with E-state index < -0.39 is 0 Å². The van der Waals surface area contributed by atoms with Gasteiger partial charge >= 0.3 is 0 Å². The Bertz CT molecular complexity index is 1120. The van der Waals surface area contributed by atoms with Crippen molar-refractivity contribution in [3.63, 3.8) is 0 Å². The van der Waals surface area contributed by atoms with Gasteiger partial charge in [-0.3, -0.25) is 4.79 Å². The first-order chi connectivity index (χ1) is 13.2.